The molecule has 0 saturated carbocycles. The number of H-pyrrole nitrogens is 1. The molecule has 1 unspecified atom stereocenters. The van der Waals surface area contributed by atoms with Crippen LogP contribution in [0.3, 0.4) is 0 Å². The van der Waals surface area contributed by atoms with E-state index in [1.807, 2.05) is 31.2 Å². The maximum Gasteiger partial charge on any atom is 0.327 e. The second-order valence-electron chi connectivity index (χ2n) is 7.05. The number of aromatic amines is 1. The molecule has 0 amide bonds. The molecule has 1 aliphatic rings. The zero-order chi connectivity index (χ0) is 20.7. The Bertz CT molecular complexity index is 1200. The van der Waals surface area contributed by atoms with Crippen LogP contribution in [-0.2, 0) is 4.79 Å². The smallest absolute Gasteiger partial charge is 0.327 e. The van der Waals surface area contributed by atoms with Crippen molar-refractivity contribution in [2.45, 2.75) is 26.8 Å². The molecule has 150 valence electrons. The summed E-state index contributed by atoms with van der Waals surface area (Å²) in [5.74, 6) is 1.05. The first-order valence-corrected chi connectivity index (χ1v) is 9.53. The van der Waals surface area contributed by atoms with E-state index in [2.05, 4.69) is 4.98 Å². The average molecular weight is 393 g/mol. The zero-order valence-electron chi connectivity index (χ0n) is 16.6. The molecule has 4 rings (SSSR count). The molecular formula is C22H23N3O4. The molecule has 7 nitrogen and oxygen atoms in total. The number of nitrogens with two attached hydrogens (primary N) is 1. The van der Waals surface area contributed by atoms with Crippen LogP contribution in [-0.4, -0.2) is 28.5 Å². The van der Waals surface area contributed by atoms with Crippen molar-refractivity contribution in [1.29, 1.82) is 0 Å². The van der Waals surface area contributed by atoms with E-state index < -0.39 is 0 Å². The standard InChI is InChI=1S/C22H23N3O4/c1-4-28-18-8-6-5-7-14(18)17-11-29-21-15(19(12(2)23)13(3)26)9-10-16-20(21)25(17)22(27)24-16/h5-10,17H,4,11,23H2,1-3H3,(H,24,27). The molecule has 0 bridgehead atoms. The van der Waals surface area contributed by atoms with Gasteiger partial charge in [0, 0.05) is 22.4 Å². The van der Waals surface area contributed by atoms with Crippen LogP contribution < -0.4 is 20.9 Å². The monoisotopic (exact) mass is 393 g/mol. The van der Waals surface area contributed by atoms with Crippen LogP contribution in [0.4, 0.5) is 0 Å². The summed E-state index contributed by atoms with van der Waals surface area (Å²) < 4.78 is 13.6. The predicted molar refractivity (Wildman–Crippen MR) is 111 cm³/mol. The van der Waals surface area contributed by atoms with E-state index >= 15 is 0 Å². The summed E-state index contributed by atoms with van der Waals surface area (Å²) in [7, 11) is 0. The lowest BCUT2D eigenvalue weighted by molar-refractivity contribution is -0.111. The Morgan fingerprint density at radius 1 is 1.28 bits per heavy atom. The molecule has 3 N–H and O–H groups in total. The van der Waals surface area contributed by atoms with E-state index in [4.69, 9.17) is 15.2 Å². The molecule has 1 aromatic heterocycles. The number of aromatic nitrogens is 2. The summed E-state index contributed by atoms with van der Waals surface area (Å²) in [5.41, 5.74) is 9.27. The van der Waals surface area contributed by atoms with Gasteiger partial charge in [-0.2, -0.15) is 0 Å². The molecule has 0 spiro atoms. The third-order valence-electron chi connectivity index (χ3n) is 5.12. The van der Waals surface area contributed by atoms with Crippen molar-refractivity contribution in [3.8, 4) is 11.5 Å². The number of ether oxygens (including phenoxy) is 2. The number of allylic oxidation sites excluding steroid dienone is 2. The Hall–Kier alpha value is -3.48. The van der Waals surface area contributed by atoms with Crippen LogP contribution in [0.1, 0.15) is 37.9 Å². The molecule has 2 heterocycles. The number of ketones is 1. The van der Waals surface area contributed by atoms with Gasteiger partial charge in [-0.3, -0.25) is 9.36 Å². The fourth-order valence-corrected chi connectivity index (χ4v) is 4.02. The normalized spacial score (nSPS) is 16.3. The highest BCUT2D eigenvalue weighted by Crippen LogP contribution is 2.41. The number of rotatable bonds is 5. The lowest BCUT2D eigenvalue weighted by Gasteiger charge is -2.28. The Labute approximate surface area is 167 Å². The van der Waals surface area contributed by atoms with Crippen molar-refractivity contribution in [3.05, 3.63) is 63.7 Å². The van der Waals surface area contributed by atoms with Crippen molar-refractivity contribution in [1.82, 2.24) is 9.55 Å². The van der Waals surface area contributed by atoms with Crippen molar-refractivity contribution in [2.75, 3.05) is 13.2 Å². The van der Waals surface area contributed by atoms with Gasteiger partial charge >= 0.3 is 5.69 Å². The second kappa shape index (κ2) is 7.16. The molecule has 0 aliphatic carbocycles. The topological polar surface area (TPSA) is 99.3 Å². The summed E-state index contributed by atoms with van der Waals surface area (Å²) in [5, 5.41) is 0. The van der Waals surface area contributed by atoms with Crippen molar-refractivity contribution in [3.63, 3.8) is 0 Å². The highest BCUT2D eigenvalue weighted by Gasteiger charge is 2.31. The van der Waals surface area contributed by atoms with Gasteiger partial charge in [-0.15, -0.1) is 0 Å². The quantitative estimate of drug-likeness (QED) is 0.649. The molecule has 0 fully saturated rings. The molecule has 1 aliphatic heterocycles. The molecule has 0 radical (unpaired) electrons. The summed E-state index contributed by atoms with van der Waals surface area (Å²) >= 11 is 0. The maximum atomic E-state index is 12.9. The number of Topliss-reactive ketones (excluding diaryl/α,β-unsaturated/α-hetero) is 1. The van der Waals surface area contributed by atoms with Crippen LogP contribution in [0.25, 0.3) is 16.6 Å². The third-order valence-corrected chi connectivity index (χ3v) is 5.12. The minimum absolute atomic E-state index is 0.155. The number of para-hydroxylation sites is 1. The van der Waals surface area contributed by atoms with Crippen molar-refractivity contribution in [2.24, 2.45) is 5.73 Å². The van der Waals surface area contributed by atoms with Crippen LogP contribution in [0, 0.1) is 0 Å². The number of nitrogens with one attached hydrogen (secondary N) is 1. The van der Waals surface area contributed by atoms with Crippen LogP contribution in [0.15, 0.2) is 46.9 Å². The van der Waals surface area contributed by atoms with Gasteiger partial charge in [0.25, 0.3) is 0 Å². The lowest BCUT2D eigenvalue weighted by Crippen LogP contribution is -2.31. The first-order valence-electron chi connectivity index (χ1n) is 9.53. The van der Waals surface area contributed by atoms with Crippen LogP contribution in [0.5, 0.6) is 11.5 Å². The van der Waals surface area contributed by atoms with Gasteiger partial charge in [-0.05, 0) is 39.0 Å². The van der Waals surface area contributed by atoms with E-state index in [1.54, 1.807) is 23.6 Å². The summed E-state index contributed by atoms with van der Waals surface area (Å²) in [6.07, 6.45) is 0. The third kappa shape index (κ3) is 2.99. The maximum absolute atomic E-state index is 12.9. The predicted octanol–water partition coefficient (Wildman–Crippen LogP) is 2.99. The minimum Gasteiger partial charge on any atom is -0.494 e. The minimum atomic E-state index is -0.356. The van der Waals surface area contributed by atoms with Crippen molar-refractivity contribution < 1.29 is 14.3 Å². The number of hydrogen-bond acceptors (Lipinski definition) is 5. The van der Waals surface area contributed by atoms with Gasteiger partial charge < -0.3 is 20.2 Å². The zero-order valence-corrected chi connectivity index (χ0v) is 16.6. The van der Waals surface area contributed by atoms with Crippen LogP contribution >= 0.6 is 0 Å². The SMILES string of the molecule is CCOc1ccccc1C1COc2c(C(C(C)=O)=C(C)N)ccc3[nH]c(=O)n1c23. The number of hydrogen-bond donors (Lipinski definition) is 2. The number of imidazole rings is 1. The molecule has 7 heteroatoms. The molecule has 1 atom stereocenters. The highest BCUT2D eigenvalue weighted by molar-refractivity contribution is 6.21. The molecule has 0 saturated heterocycles. The Morgan fingerprint density at radius 3 is 2.72 bits per heavy atom. The van der Waals surface area contributed by atoms with E-state index in [-0.39, 0.29) is 24.1 Å². The van der Waals surface area contributed by atoms with Crippen LogP contribution in [0.2, 0.25) is 0 Å². The number of benzene rings is 2. The Kier molecular flexibility index (Phi) is 4.66. The number of carbonyl (C=O) groups excluding carboxylic acids is 1. The largest absolute Gasteiger partial charge is 0.494 e. The number of carbonyl (C=O) groups is 1. The average Bonchev–Trinajstić information content (AvgIpc) is 3.02. The summed E-state index contributed by atoms with van der Waals surface area (Å²) in [4.78, 5) is 28.0. The first-order chi connectivity index (χ1) is 13.9. The van der Waals surface area contributed by atoms with E-state index in [0.29, 0.717) is 46.0 Å². The van der Waals surface area contributed by atoms with Gasteiger partial charge in [-0.1, -0.05) is 18.2 Å². The van der Waals surface area contributed by atoms with E-state index in [0.717, 1.165) is 5.56 Å². The molecule has 29 heavy (non-hydrogen) atoms. The fraction of sp³-hybridized carbons (Fsp3) is 0.273. The Morgan fingerprint density at radius 2 is 2.03 bits per heavy atom. The summed E-state index contributed by atoms with van der Waals surface area (Å²) in [6, 6.07) is 10.8. The lowest BCUT2D eigenvalue weighted by atomic mass is 9.97. The van der Waals surface area contributed by atoms with Gasteiger partial charge in [0.15, 0.2) is 11.5 Å². The highest BCUT2D eigenvalue weighted by atomic mass is 16.5. The van der Waals surface area contributed by atoms with Gasteiger partial charge in [0.2, 0.25) is 0 Å². The van der Waals surface area contributed by atoms with Gasteiger partial charge in [0.1, 0.15) is 23.9 Å². The fourth-order valence-electron chi connectivity index (χ4n) is 4.02. The van der Waals surface area contributed by atoms with Gasteiger partial charge in [0.05, 0.1) is 12.1 Å². The van der Waals surface area contributed by atoms with E-state index in [9.17, 15) is 9.59 Å². The van der Waals surface area contributed by atoms with E-state index in [1.165, 1.54) is 6.92 Å². The number of nitrogens with zero attached hydrogens (tertiary/aromatic N) is 1. The Balaban J connectivity index is 1.98. The second-order valence-corrected chi connectivity index (χ2v) is 7.05. The van der Waals surface area contributed by atoms with Crippen molar-refractivity contribution >= 4 is 22.4 Å². The molecule has 2 aromatic carbocycles. The molecular weight excluding hydrogens is 370 g/mol. The molecule has 3 aromatic rings. The first kappa shape index (κ1) is 18.9. The summed E-state index contributed by atoms with van der Waals surface area (Å²) in [6.45, 7) is 5.82. The van der Waals surface area contributed by atoms with Gasteiger partial charge in [-0.25, -0.2) is 4.79 Å².